The van der Waals surface area contributed by atoms with Crippen LogP contribution in [0.15, 0.2) is 36.5 Å². The fourth-order valence-corrected chi connectivity index (χ4v) is 2.04. The van der Waals surface area contributed by atoms with Gasteiger partial charge in [-0.15, -0.1) is 0 Å². The molecule has 0 aliphatic heterocycles. The largest absolute Gasteiger partial charge is 0.350 e. The normalized spacial score (nSPS) is 13.8. The van der Waals surface area contributed by atoms with E-state index in [0.29, 0.717) is 24.2 Å². The van der Waals surface area contributed by atoms with Crippen LogP contribution in [0.2, 0.25) is 0 Å². The lowest BCUT2D eigenvalue weighted by atomic mass is 10.1. The van der Waals surface area contributed by atoms with E-state index < -0.39 is 0 Å². The van der Waals surface area contributed by atoms with Crippen molar-refractivity contribution >= 4 is 11.9 Å². The molecule has 1 heterocycles. The summed E-state index contributed by atoms with van der Waals surface area (Å²) in [4.78, 5) is 20.4. The second-order valence-corrected chi connectivity index (χ2v) is 5.29. The molecule has 3 rings (SSSR count). The van der Waals surface area contributed by atoms with Crippen LogP contribution in [0.3, 0.4) is 0 Å². The number of amides is 1. The summed E-state index contributed by atoms with van der Waals surface area (Å²) in [6.07, 6.45) is 3.74. The van der Waals surface area contributed by atoms with Gasteiger partial charge in [-0.3, -0.25) is 4.79 Å². The molecule has 1 amide bonds. The first-order chi connectivity index (χ1) is 10.2. The number of nitrogens with one attached hydrogen (secondary N) is 2. The third-order valence-corrected chi connectivity index (χ3v) is 3.50. The van der Waals surface area contributed by atoms with Crippen LogP contribution in [0, 0.1) is 6.92 Å². The molecule has 0 bridgehead atoms. The Bertz CT molecular complexity index is 652. The van der Waals surface area contributed by atoms with Crippen molar-refractivity contribution in [2.24, 2.45) is 0 Å². The number of hydrogen-bond donors (Lipinski definition) is 2. The molecule has 108 valence electrons. The average molecular weight is 282 g/mol. The van der Waals surface area contributed by atoms with Crippen molar-refractivity contribution < 1.29 is 4.79 Å². The molecule has 0 spiro atoms. The number of benzene rings is 1. The summed E-state index contributed by atoms with van der Waals surface area (Å²) in [5.41, 5.74) is 2.81. The number of aryl methyl sites for hydroxylation is 1. The van der Waals surface area contributed by atoms with Gasteiger partial charge in [-0.05, 0) is 37.0 Å². The van der Waals surface area contributed by atoms with Crippen LogP contribution in [0.4, 0.5) is 5.95 Å². The smallest absolute Gasteiger partial charge is 0.270 e. The van der Waals surface area contributed by atoms with Crippen LogP contribution < -0.4 is 10.6 Å². The summed E-state index contributed by atoms with van der Waals surface area (Å²) < 4.78 is 0. The maximum Gasteiger partial charge on any atom is 0.270 e. The van der Waals surface area contributed by atoms with Crippen LogP contribution in [0.25, 0.3) is 0 Å². The SMILES string of the molecule is Cc1ccccc1CNc1nccc(C(=O)NC2CC2)n1. The number of carbonyl (C=O) groups is 1. The van der Waals surface area contributed by atoms with E-state index in [9.17, 15) is 4.79 Å². The van der Waals surface area contributed by atoms with Gasteiger partial charge in [0.15, 0.2) is 0 Å². The van der Waals surface area contributed by atoms with Crippen LogP contribution in [0.1, 0.15) is 34.5 Å². The zero-order valence-corrected chi connectivity index (χ0v) is 12.0. The summed E-state index contributed by atoms with van der Waals surface area (Å²) in [6.45, 7) is 2.71. The first-order valence-corrected chi connectivity index (χ1v) is 7.14. The Morgan fingerprint density at radius 1 is 1.29 bits per heavy atom. The van der Waals surface area contributed by atoms with Crippen LogP contribution >= 0.6 is 0 Å². The second-order valence-electron chi connectivity index (χ2n) is 5.29. The van der Waals surface area contributed by atoms with Crippen molar-refractivity contribution in [3.8, 4) is 0 Å². The molecule has 2 N–H and O–H groups in total. The van der Waals surface area contributed by atoms with Gasteiger partial charge in [-0.25, -0.2) is 9.97 Å². The fraction of sp³-hybridized carbons (Fsp3) is 0.312. The molecule has 1 aliphatic rings. The predicted molar refractivity (Wildman–Crippen MR) is 81.0 cm³/mol. The summed E-state index contributed by atoms with van der Waals surface area (Å²) in [6, 6.07) is 10.1. The molecule has 0 saturated heterocycles. The molecule has 5 heteroatoms. The Morgan fingerprint density at radius 2 is 2.10 bits per heavy atom. The monoisotopic (exact) mass is 282 g/mol. The van der Waals surface area contributed by atoms with Gasteiger partial charge in [0.1, 0.15) is 5.69 Å². The quantitative estimate of drug-likeness (QED) is 0.883. The maximum atomic E-state index is 11.9. The van der Waals surface area contributed by atoms with Gasteiger partial charge in [0.2, 0.25) is 5.95 Å². The van der Waals surface area contributed by atoms with Gasteiger partial charge in [0, 0.05) is 18.8 Å². The molecule has 0 unspecified atom stereocenters. The van der Waals surface area contributed by atoms with Gasteiger partial charge in [-0.2, -0.15) is 0 Å². The lowest BCUT2D eigenvalue weighted by Gasteiger charge is -2.08. The van der Waals surface area contributed by atoms with Crippen molar-refractivity contribution in [2.45, 2.75) is 32.4 Å². The van der Waals surface area contributed by atoms with E-state index in [1.165, 1.54) is 11.1 Å². The number of nitrogens with zero attached hydrogens (tertiary/aromatic N) is 2. The Hall–Kier alpha value is -2.43. The summed E-state index contributed by atoms with van der Waals surface area (Å²) in [5.74, 6) is 0.348. The van der Waals surface area contributed by atoms with Crippen molar-refractivity contribution in [1.29, 1.82) is 0 Å². The fourth-order valence-electron chi connectivity index (χ4n) is 2.04. The lowest BCUT2D eigenvalue weighted by Crippen LogP contribution is -2.26. The average Bonchev–Trinajstić information content (AvgIpc) is 3.31. The molecule has 1 aliphatic carbocycles. The molecule has 0 atom stereocenters. The van der Waals surface area contributed by atoms with Gasteiger partial charge in [0.05, 0.1) is 0 Å². The highest BCUT2D eigenvalue weighted by Crippen LogP contribution is 2.19. The topological polar surface area (TPSA) is 66.9 Å². The van der Waals surface area contributed by atoms with E-state index in [2.05, 4.69) is 39.7 Å². The summed E-state index contributed by atoms with van der Waals surface area (Å²) >= 11 is 0. The number of aromatic nitrogens is 2. The van der Waals surface area contributed by atoms with Gasteiger partial charge >= 0.3 is 0 Å². The van der Waals surface area contributed by atoms with Gasteiger partial charge < -0.3 is 10.6 Å². The van der Waals surface area contributed by atoms with Crippen LogP contribution in [-0.2, 0) is 6.54 Å². The summed E-state index contributed by atoms with van der Waals surface area (Å²) in [7, 11) is 0. The zero-order chi connectivity index (χ0) is 14.7. The van der Waals surface area contributed by atoms with E-state index in [1.807, 2.05) is 12.1 Å². The van der Waals surface area contributed by atoms with Crippen molar-refractivity contribution in [1.82, 2.24) is 15.3 Å². The number of carbonyl (C=O) groups excluding carboxylic acids is 1. The molecule has 1 aromatic carbocycles. The molecule has 5 nitrogen and oxygen atoms in total. The minimum atomic E-state index is -0.126. The molecular weight excluding hydrogens is 264 g/mol. The minimum absolute atomic E-state index is 0.126. The molecule has 1 fully saturated rings. The highest BCUT2D eigenvalue weighted by molar-refractivity contribution is 5.92. The Labute approximate surface area is 123 Å². The van der Waals surface area contributed by atoms with E-state index in [1.54, 1.807) is 12.3 Å². The molecule has 0 radical (unpaired) electrons. The maximum absolute atomic E-state index is 11.9. The van der Waals surface area contributed by atoms with Crippen molar-refractivity contribution in [2.75, 3.05) is 5.32 Å². The number of rotatable bonds is 5. The van der Waals surface area contributed by atoms with E-state index in [0.717, 1.165) is 12.8 Å². The third kappa shape index (κ3) is 3.56. The van der Waals surface area contributed by atoms with Gasteiger partial charge in [-0.1, -0.05) is 24.3 Å². The highest BCUT2D eigenvalue weighted by Gasteiger charge is 2.24. The van der Waals surface area contributed by atoms with E-state index in [-0.39, 0.29) is 5.91 Å². The molecule has 1 aromatic heterocycles. The predicted octanol–water partition coefficient (Wildman–Crippen LogP) is 2.29. The van der Waals surface area contributed by atoms with Crippen LogP contribution in [-0.4, -0.2) is 21.9 Å². The Kier molecular flexibility index (Phi) is 3.81. The van der Waals surface area contributed by atoms with E-state index in [4.69, 9.17) is 0 Å². The van der Waals surface area contributed by atoms with Crippen molar-refractivity contribution in [3.63, 3.8) is 0 Å². The van der Waals surface area contributed by atoms with Crippen molar-refractivity contribution in [3.05, 3.63) is 53.3 Å². The zero-order valence-electron chi connectivity index (χ0n) is 12.0. The Balaban J connectivity index is 1.65. The van der Waals surface area contributed by atoms with E-state index >= 15 is 0 Å². The second kappa shape index (κ2) is 5.91. The van der Waals surface area contributed by atoms with Gasteiger partial charge in [0.25, 0.3) is 5.91 Å². The number of hydrogen-bond acceptors (Lipinski definition) is 4. The highest BCUT2D eigenvalue weighted by atomic mass is 16.2. The third-order valence-electron chi connectivity index (χ3n) is 3.50. The summed E-state index contributed by atoms with van der Waals surface area (Å²) in [5, 5.41) is 6.09. The first kappa shape index (κ1) is 13.5. The lowest BCUT2D eigenvalue weighted by molar-refractivity contribution is 0.0946. The van der Waals surface area contributed by atoms with Crippen LogP contribution in [0.5, 0.6) is 0 Å². The number of anilines is 1. The standard InChI is InChI=1S/C16H18N4O/c1-11-4-2-3-5-12(11)10-18-16-17-9-8-14(20-16)15(21)19-13-6-7-13/h2-5,8-9,13H,6-7,10H2,1H3,(H,19,21)(H,17,18,20). The first-order valence-electron chi connectivity index (χ1n) is 7.14. The Morgan fingerprint density at radius 3 is 2.86 bits per heavy atom. The molecule has 21 heavy (non-hydrogen) atoms. The molecule has 2 aromatic rings. The molecule has 1 saturated carbocycles. The minimum Gasteiger partial charge on any atom is -0.350 e. The molecular formula is C16H18N4O.